The number of amides is 2. The third-order valence-electron chi connectivity index (χ3n) is 4.40. The topological polar surface area (TPSA) is 77.1 Å². The molecule has 1 N–H and O–H groups in total. The summed E-state index contributed by atoms with van der Waals surface area (Å²) in [6.07, 6.45) is 3.13. The quantitative estimate of drug-likeness (QED) is 0.171. The van der Waals surface area contributed by atoms with Crippen molar-refractivity contribution >= 4 is 63.5 Å². The van der Waals surface area contributed by atoms with Crippen molar-refractivity contribution in [3.8, 4) is 17.2 Å². The van der Waals surface area contributed by atoms with Crippen LogP contribution in [0.4, 0.5) is 5.69 Å². The number of methoxy groups -OCH3 is 1. The first-order valence-electron chi connectivity index (χ1n) is 9.65. The summed E-state index contributed by atoms with van der Waals surface area (Å²) in [5.41, 5.74) is 1.04. The Hall–Kier alpha value is -2.92. The number of hydrogen-bond donors (Lipinski definition) is 1. The van der Waals surface area contributed by atoms with Crippen LogP contribution < -0.4 is 24.4 Å². The van der Waals surface area contributed by atoms with E-state index in [0.717, 1.165) is 3.57 Å². The van der Waals surface area contributed by atoms with E-state index in [1.165, 1.54) is 18.1 Å². The zero-order valence-corrected chi connectivity index (χ0v) is 20.5. The number of ether oxygens (including phenoxy) is 3. The number of nitrogens with one attached hydrogen (secondary N) is 1. The zero-order valence-electron chi connectivity index (χ0n) is 17.5. The molecule has 0 aromatic heterocycles. The Balaban J connectivity index is 2.00. The largest absolute Gasteiger partial charge is 0.494 e. The molecule has 1 saturated heterocycles. The number of carbonyl (C=O) groups excluding carboxylic acids is 2. The molecule has 1 aliphatic heterocycles. The summed E-state index contributed by atoms with van der Waals surface area (Å²) >= 11 is 7.37. The molecule has 1 heterocycles. The maximum absolute atomic E-state index is 13.3. The van der Waals surface area contributed by atoms with Crippen LogP contribution in [0.5, 0.6) is 17.2 Å². The Morgan fingerprint density at radius 2 is 2.00 bits per heavy atom. The van der Waals surface area contributed by atoms with Crippen molar-refractivity contribution in [2.24, 2.45) is 0 Å². The first kappa shape index (κ1) is 23.7. The Morgan fingerprint density at radius 1 is 1.22 bits per heavy atom. The number of benzene rings is 2. The molecule has 166 valence electrons. The van der Waals surface area contributed by atoms with Crippen molar-refractivity contribution in [3.63, 3.8) is 0 Å². The van der Waals surface area contributed by atoms with Gasteiger partial charge in [0.2, 0.25) is 0 Å². The molecular weight excluding hydrogens is 543 g/mol. The average molecular weight is 564 g/mol. The molecular formula is C23H21IN2O5S. The van der Waals surface area contributed by atoms with E-state index in [-0.39, 0.29) is 10.7 Å². The molecule has 2 aromatic carbocycles. The van der Waals surface area contributed by atoms with E-state index in [1.54, 1.807) is 42.5 Å². The molecule has 1 fully saturated rings. The monoisotopic (exact) mass is 564 g/mol. The molecule has 0 atom stereocenters. The second-order valence-electron chi connectivity index (χ2n) is 6.52. The lowest BCUT2D eigenvalue weighted by atomic mass is 10.1. The van der Waals surface area contributed by atoms with Crippen LogP contribution in [0.1, 0.15) is 12.5 Å². The van der Waals surface area contributed by atoms with E-state index in [2.05, 4.69) is 34.5 Å². The van der Waals surface area contributed by atoms with Gasteiger partial charge in [-0.25, -0.2) is 0 Å². The summed E-state index contributed by atoms with van der Waals surface area (Å²) in [6.45, 7) is 6.32. The van der Waals surface area contributed by atoms with Crippen LogP contribution in [0.15, 0.2) is 54.6 Å². The number of halogens is 1. The van der Waals surface area contributed by atoms with Crippen molar-refractivity contribution in [3.05, 3.63) is 63.8 Å². The van der Waals surface area contributed by atoms with E-state index in [0.29, 0.717) is 41.7 Å². The molecule has 1 aliphatic rings. The standard InChI is InChI=1S/C23H21IN2O5S/c1-4-9-31-20-18(24)11-14(12-19(20)29-3)10-17-21(27)25-23(32)26(22(17)28)15-7-6-8-16(13-15)30-5-2/h4,6-8,10-13H,1,5,9H2,2-3H3,(H,25,27,32)/b17-10-. The Kier molecular flexibility index (Phi) is 7.86. The van der Waals surface area contributed by atoms with E-state index in [1.807, 2.05) is 6.92 Å². The third kappa shape index (κ3) is 5.10. The summed E-state index contributed by atoms with van der Waals surface area (Å²) in [4.78, 5) is 27.1. The highest BCUT2D eigenvalue weighted by Gasteiger charge is 2.34. The van der Waals surface area contributed by atoms with E-state index in [4.69, 9.17) is 26.4 Å². The average Bonchev–Trinajstić information content (AvgIpc) is 2.76. The highest BCUT2D eigenvalue weighted by molar-refractivity contribution is 14.1. The molecule has 2 aromatic rings. The van der Waals surface area contributed by atoms with Gasteiger partial charge >= 0.3 is 0 Å². The number of carbonyl (C=O) groups is 2. The Morgan fingerprint density at radius 3 is 2.69 bits per heavy atom. The van der Waals surface area contributed by atoms with Gasteiger partial charge < -0.3 is 14.2 Å². The van der Waals surface area contributed by atoms with Crippen molar-refractivity contribution in [1.29, 1.82) is 0 Å². The first-order chi connectivity index (χ1) is 15.4. The summed E-state index contributed by atoms with van der Waals surface area (Å²) in [5, 5.41) is 2.59. The van der Waals surface area contributed by atoms with Crippen LogP contribution in [0, 0.1) is 3.57 Å². The van der Waals surface area contributed by atoms with E-state index < -0.39 is 11.8 Å². The maximum Gasteiger partial charge on any atom is 0.270 e. The number of rotatable bonds is 8. The molecule has 2 amide bonds. The minimum Gasteiger partial charge on any atom is -0.494 e. The zero-order chi connectivity index (χ0) is 23.3. The fraction of sp³-hybridized carbons (Fsp3) is 0.174. The highest BCUT2D eigenvalue weighted by Crippen LogP contribution is 2.35. The number of hydrogen-bond acceptors (Lipinski definition) is 6. The minimum atomic E-state index is -0.571. The smallest absolute Gasteiger partial charge is 0.270 e. The van der Waals surface area contributed by atoms with Crippen molar-refractivity contribution < 1.29 is 23.8 Å². The molecule has 0 spiro atoms. The van der Waals surface area contributed by atoms with Gasteiger partial charge in [0.1, 0.15) is 17.9 Å². The number of thiocarbonyl (C=S) groups is 1. The van der Waals surface area contributed by atoms with Crippen LogP contribution >= 0.6 is 34.8 Å². The van der Waals surface area contributed by atoms with Crippen LogP contribution in [0.2, 0.25) is 0 Å². The second-order valence-corrected chi connectivity index (χ2v) is 8.07. The second kappa shape index (κ2) is 10.6. The van der Waals surface area contributed by atoms with Crippen LogP contribution in [0.3, 0.4) is 0 Å². The van der Waals surface area contributed by atoms with Crippen molar-refractivity contribution in [1.82, 2.24) is 5.32 Å². The molecule has 0 radical (unpaired) electrons. The van der Waals surface area contributed by atoms with Crippen LogP contribution in [-0.2, 0) is 9.59 Å². The van der Waals surface area contributed by atoms with Gasteiger partial charge in [-0.3, -0.25) is 19.8 Å². The van der Waals surface area contributed by atoms with Crippen LogP contribution in [-0.4, -0.2) is 37.3 Å². The predicted octanol–water partition coefficient (Wildman–Crippen LogP) is 4.09. The van der Waals surface area contributed by atoms with Crippen molar-refractivity contribution in [2.75, 3.05) is 25.2 Å². The normalized spacial score (nSPS) is 14.9. The molecule has 9 heteroatoms. The molecule has 7 nitrogen and oxygen atoms in total. The van der Waals surface area contributed by atoms with Crippen molar-refractivity contribution in [2.45, 2.75) is 6.92 Å². The third-order valence-corrected chi connectivity index (χ3v) is 5.48. The number of anilines is 1. The minimum absolute atomic E-state index is 0.00568. The Labute approximate surface area is 205 Å². The lowest BCUT2D eigenvalue weighted by Crippen LogP contribution is -2.54. The predicted molar refractivity (Wildman–Crippen MR) is 135 cm³/mol. The van der Waals surface area contributed by atoms with Gasteiger partial charge in [0, 0.05) is 6.07 Å². The van der Waals surface area contributed by atoms with Gasteiger partial charge in [0.05, 0.1) is 23.0 Å². The molecule has 0 unspecified atom stereocenters. The first-order valence-corrected chi connectivity index (χ1v) is 11.1. The van der Waals surface area contributed by atoms with Gasteiger partial charge in [0.15, 0.2) is 16.6 Å². The van der Waals surface area contributed by atoms with Gasteiger partial charge in [-0.1, -0.05) is 18.7 Å². The lowest BCUT2D eigenvalue weighted by Gasteiger charge is -2.29. The fourth-order valence-corrected chi connectivity index (χ4v) is 4.11. The maximum atomic E-state index is 13.3. The van der Waals surface area contributed by atoms with Gasteiger partial charge in [0.25, 0.3) is 11.8 Å². The molecule has 0 saturated carbocycles. The summed E-state index contributed by atoms with van der Waals surface area (Å²) in [5.74, 6) is 0.528. The lowest BCUT2D eigenvalue weighted by molar-refractivity contribution is -0.122. The van der Waals surface area contributed by atoms with E-state index in [9.17, 15) is 9.59 Å². The van der Waals surface area contributed by atoms with Crippen LogP contribution in [0.25, 0.3) is 6.08 Å². The summed E-state index contributed by atoms with van der Waals surface area (Å²) in [6, 6.07) is 10.4. The molecule has 32 heavy (non-hydrogen) atoms. The number of nitrogens with zero attached hydrogens (tertiary/aromatic N) is 1. The van der Waals surface area contributed by atoms with E-state index >= 15 is 0 Å². The molecule has 3 rings (SSSR count). The summed E-state index contributed by atoms with van der Waals surface area (Å²) in [7, 11) is 1.52. The van der Waals surface area contributed by atoms with Gasteiger partial charge in [-0.05, 0) is 77.6 Å². The SMILES string of the molecule is C=CCOc1c(I)cc(/C=C2/C(=O)NC(=S)N(c3cccc(OCC)c3)C2=O)cc1OC. The highest BCUT2D eigenvalue weighted by atomic mass is 127. The fourth-order valence-electron chi connectivity index (χ4n) is 3.04. The molecule has 0 aliphatic carbocycles. The van der Waals surface area contributed by atoms with Gasteiger partial charge in [-0.15, -0.1) is 0 Å². The molecule has 0 bridgehead atoms. The Bertz CT molecular complexity index is 1120. The van der Waals surface area contributed by atoms with Gasteiger partial charge in [-0.2, -0.15) is 0 Å². The summed E-state index contributed by atoms with van der Waals surface area (Å²) < 4.78 is 17.4.